The average Bonchev–Trinajstić information content (AvgIpc) is 3.21. The number of hydrogen-bond donors (Lipinski definition) is 1. The molecule has 1 atom stereocenters. The van der Waals surface area contributed by atoms with Crippen LogP contribution in [0.25, 0.3) is 0 Å². The maximum absolute atomic E-state index is 13.3. The third kappa shape index (κ3) is 5.94. The lowest BCUT2D eigenvalue weighted by Gasteiger charge is -2.30. The molecule has 2 amide bonds. The van der Waals surface area contributed by atoms with Crippen molar-refractivity contribution in [1.29, 1.82) is 0 Å². The second-order valence-corrected chi connectivity index (χ2v) is 9.33. The molecule has 4 nitrogen and oxygen atoms in total. The van der Waals surface area contributed by atoms with Crippen LogP contribution in [0.2, 0.25) is 0 Å². The summed E-state index contributed by atoms with van der Waals surface area (Å²) in [5.41, 5.74) is 4.36. The van der Waals surface area contributed by atoms with Gasteiger partial charge in [-0.2, -0.15) is 0 Å². The minimum absolute atomic E-state index is 0.0349. The largest absolute Gasteiger partial charge is 0.352 e. The van der Waals surface area contributed by atoms with Gasteiger partial charge in [-0.05, 0) is 68.0 Å². The lowest BCUT2D eigenvalue weighted by molar-refractivity contribution is -0.140. The van der Waals surface area contributed by atoms with Crippen molar-refractivity contribution >= 4 is 27.7 Å². The molecular weight excluding hydrogens is 440 g/mol. The molecular formula is C25H31BrN2O2. The van der Waals surface area contributed by atoms with Gasteiger partial charge in [0.25, 0.3) is 0 Å². The topological polar surface area (TPSA) is 49.4 Å². The summed E-state index contributed by atoms with van der Waals surface area (Å²) in [6.45, 7) is 6.36. The van der Waals surface area contributed by atoms with E-state index >= 15 is 0 Å². The van der Waals surface area contributed by atoms with E-state index in [9.17, 15) is 9.59 Å². The predicted octanol–water partition coefficient (Wildman–Crippen LogP) is 5.08. The highest BCUT2D eigenvalue weighted by atomic mass is 79.9. The van der Waals surface area contributed by atoms with Crippen molar-refractivity contribution in [3.8, 4) is 0 Å². The fraction of sp³-hybridized carbons (Fsp3) is 0.440. The van der Waals surface area contributed by atoms with Crippen LogP contribution in [-0.4, -0.2) is 28.8 Å². The lowest BCUT2D eigenvalue weighted by atomic mass is 10.0. The highest BCUT2D eigenvalue weighted by Crippen LogP contribution is 2.20. The highest BCUT2D eigenvalue weighted by molar-refractivity contribution is 9.10. The van der Waals surface area contributed by atoms with E-state index in [0.29, 0.717) is 6.54 Å². The molecule has 0 radical (unpaired) electrons. The summed E-state index contributed by atoms with van der Waals surface area (Å²) in [5, 5.41) is 3.15. The molecule has 1 saturated carbocycles. The molecule has 0 bridgehead atoms. The van der Waals surface area contributed by atoms with Gasteiger partial charge in [0, 0.05) is 17.1 Å². The van der Waals surface area contributed by atoms with Crippen molar-refractivity contribution in [3.05, 3.63) is 69.2 Å². The van der Waals surface area contributed by atoms with Gasteiger partial charge < -0.3 is 10.2 Å². The van der Waals surface area contributed by atoms with Crippen molar-refractivity contribution in [1.82, 2.24) is 10.2 Å². The maximum atomic E-state index is 13.3. The summed E-state index contributed by atoms with van der Waals surface area (Å²) in [7, 11) is 0. The van der Waals surface area contributed by atoms with Crippen molar-refractivity contribution in [3.63, 3.8) is 0 Å². The minimum atomic E-state index is -0.524. The third-order valence-electron chi connectivity index (χ3n) is 6.04. The van der Waals surface area contributed by atoms with Gasteiger partial charge in [-0.15, -0.1) is 0 Å². The van der Waals surface area contributed by atoms with Crippen LogP contribution in [0.1, 0.15) is 54.9 Å². The van der Waals surface area contributed by atoms with Crippen LogP contribution in [0, 0.1) is 13.8 Å². The predicted molar refractivity (Wildman–Crippen MR) is 124 cm³/mol. The quantitative estimate of drug-likeness (QED) is 0.612. The standard InChI is InChI=1S/C25H31BrN2O2/c1-17-11-12-20(13-18(17)2)15-24(29)28(16-21-7-6-8-22(26)14-21)19(3)25(30)27-23-9-4-5-10-23/h6-8,11-14,19,23H,4-5,9-10,15-16H2,1-3H3,(H,27,30)/t19-/m0/s1. The van der Waals surface area contributed by atoms with E-state index in [1.807, 2.05) is 43.3 Å². The van der Waals surface area contributed by atoms with Gasteiger partial charge in [-0.1, -0.05) is 59.1 Å². The van der Waals surface area contributed by atoms with Gasteiger partial charge >= 0.3 is 0 Å². The molecule has 2 aromatic rings. The second-order valence-electron chi connectivity index (χ2n) is 8.41. The van der Waals surface area contributed by atoms with Crippen LogP contribution in [0.4, 0.5) is 0 Å². The van der Waals surface area contributed by atoms with Gasteiger partial charge in [0.1, 0.15) is 6.04 Å². The van der Waals surface area contributed by atoms with E-state index in [1.54, 1.807) is 4.90 Å². The van der Waals surface area contributed by atoms with Crippen LogP contribution < -0.4 is 5.32 Å². The van der Waals surface area contributed by atoms with E-state index in [2.05, 4.69) is 41.2 Å². The number of benzene rings is 2. The molecule has 30 heavy (non-hydrogen) atoms. The lowest BCUT2D eigenvalue weighted by Crippen LogP contribution is -2.50. The Kier molecular flexibility index (Phi) is 7.70. The Morgan fingerprint density at radius 3 is 2.47 bits per heavy atom. The molecule has 0 aromatic heterocycles. The van der Waals surface area contributed by atoms with E-state index in [-0.39, 0.29) is 24.3 Å². The molecule has 0 heterocycles. The first-order chi connectivity index (χ1) is 14.3. The number of carbonyl (C=O) groups excluding carboxylic acids is 2. The molecule has 0 saturated heterocycles. The first-order valence-electron chi connectivity index (χ1n) is 10.7. The Bertz CT molecular complexity index is 906. The number of hydrogen-bond acceptors (Lipinski definition) is 2. The fourth-order valence-corrected chi connectivity index (χ4v) is 4.44. The summed E-state index contributed by atoms with van der Waals surface area (Å²) < 4.78 is 0.963. The molecule has 160 valence electrons. The third-order valence-corrected chi connectivity index (χ3v) is 6.53. The zero-order chi connectivity index (χ0) is 21.7. The van der Waals surface area contributed by atoms with Crippen molar-refractivity contribution < 1.29 is 9.59 Å². The monoisotopic (exact) mass is 470 g/mol. The van der Waals surface area contributed by atoms with Gasteiger partial charge in [0.05, 0.1) is 6.42 Å². The molecule has 3 rings (SSSR count). The molecule has 0 aliphatic heterocycles. The van der Waals surface area contributed by atoms with Crippen molar-refractivity contribution in [2.75, 3.05) is 0 Å². The van der Waals surface area contributed by atoms with Gasteiger partial charge in [0.15, 0.2) is 0 Å². The Morgan fingerprint density at radius 1 is 1.07 bits per heavy atom. The summed E-state index contributed by atoms with van der Waals surface area (Å²) in [5.74, 6) is -0.0994. The zero-order valence-electron chi connectivity index (χ0n) is 18.1. The van der Waals surface area contributed by atoms with Gasteiger partial charge in [0.2, 0.25) is 11.8 Å². The van der Waals surface area contributed by atoms with Crippen molar-refractivity contribution in [2.24, 2.45) is 0 Å². The molecule has 1 aliphatic rings. The van der Waals surface area contributed by atoms with Crippen molar-refractivity contribution in [2.45, 2.75) is 71.5 Å². The number of aryl methyl sites for hydroxylation is 2. The Hall–Kier alpha value is -2.14. The Labute approximate surface area is 188 Å². The molecule has 2 aromatic carbocycles. The van der Waals surface area contributed by atoms with E-state index < -0.39 is 6.04 Å². The summed E-state index contributed by atoms with van der Waals surface area (Å²) in [6.07, 6.45) is 4.66. The normalized spacial score (nSPS) is 15.1. The number of halogens is 1. The Morgan fingerprint density at radius 2 is 1.80 bits per heavy atom. The molecule has 1 N–H and O–H groups in total. The SMILES string of the molecule is Cc1ccc(CC(=O)N(Cc2cccc(Br)c2)[C@@H](C)C(=O)NC2CCCC2)cc1C. The molecule has 0 unspecified atom stereocenters. The van der Waals surface area contributed by atoms with Crippen LogP contribution in [0.3, 0.4) is 0 Å². The minimum Gasteiger partial charge on any atom is -0.352 e. The molecule has 5 heteroatoms. The first kappa shape index (κ1) is 22.5. The summed E-state index contributed by atoms with van der Waals surface area (Å²) in [4.78, 5) is 28.0. The van der Waals surface area contributed by atoms with Crippen LogP contribution in [0.5, 0.6) is 0 Å². The molecule has 1 fully saturated rings. The maximum Gasteiger partial charge on any atom is 0.242 e. The first-order valence-corrected chi connectivity index (χ1v) is 11.5. The number of nitrogens with one attached hydrogen (secondary N) is 1. The Balaban J connectivity index is 1.78. The number of nitrogens with zero attached hydrogens (tertiary/aromatic N) is 1. The van der Waals surface area contributed by atoms with E-state index in [1.165, 1.54) is 11.1 Å². The number of carbonyl (C=O) groups is 2. The highest BCUT2D eigenvalue weighted by Gasteiger charge is 2.28. The van der Waals surface area contributed by atoms with Crippen LogP contribution >= 0.6 is 15.9 Å². The molecule has 1 aliphatic carbocycles. The van der Waals surface area contributed by atoms with Gasteiger partial charge in [-0.25, -0.2) is 0 Å². The van der Waals surface area contributed by atoms with Crippen LogP contribution in [0.15, 0.2) is 46.9 Å². The molecule has 0 spiro atoms. The zero-order valence-corrected chi connectivity index (χ0v) is 19.7. The number of rotatable bonds is 7. The van der Waals surface area contributed by atoms with Crippen LogP contribution in [-0.2, 0) is 22.6 Å². The fourth-order valence-electron chi connectivity index (χ4n) is 4.00. The van der Waals surface area contributed by atoms with Gasteiger partial charge in [-0.3, -0.25) is 9.59 Å². The number of amides is 2. The van der Waals surface area contributed by atoms with E-state index in [0.717, 1.165) is 41.3 Å². The summed E-state index contributed by atoms with van der Waals surface area (Å²) in [6, 6.07) is 13.7. The summed E-state index contributed by atoms with van der Waals surface area (Å²) >= 11 is 3.50. The second kappa shape index (κ2) is 10.3. The smallest absolute Gasteiger partial charge is 0.242 e. The van der Waals surface area contributed by atoms with E-state index in [4.69, 9.17) is 0 Å². The average molecular weight is 471 g/mol.